The van der Waals surface area contributed by atoms with E-state index in [4.69, 9.17) is 0 Å². The van der Waals surface area contributed by atoms with Crippen molar-refractivity contribution >= 4 is 5.91 Å². The van der Waals surface area contributed by atoms with Gasteiger partial charge in [0, 0.05) is 6.42 Å². The van der Waals surface area contributed by atoms with Crippen molar-refractivity contribution in [2.75, 3.05) is 0 Å². The Morgan fingerprint density at radius 2 is 1.65 bits per heavy atom. The lowest BCUT2D eigenvalue weighted by molar-refractivity contribution is -0.121. The maximum Gasteiger partial charge on any atom is 0.220 e. The SMILES string of the molecule is CCc1ccc(C(C)NC(=O)CCc2ccc(C)c(C)c2)cc1. The third-order valence-electron chi connectivity index (χ3n) is 4.48. The zero-order valence-electron chi connectivity index (χ0n) is 14.6. The van der Waals surface area contributed by atoms with Crippen molar-refractivity contribution in [3.63, 3.8) is 0 Å². The number of benzene rings is 2. The standard InChI is InChI=1S/C21H27NO/c1-5-18-8-11-20(12-9-18)17(4)22-21(23)13-10-19-7-6-15(2)16(3)14-19/h6-9,11-12,14,17H,5,10,13H2,1-4H3,(H,22,23). The Bertz CT molecular complexity index is 658. The molecule has 2 aromatic rings. The summed E-state index contributed by atoms with van der Waals surface area (Å²) in [7, 11) is 0. The number of hydrogen-bond acceptors (Lipinski definition) is 1. The van der Waals surface area contributed by atoms with Crippen LogP contribution in [0.1, 0.15) is 54.1 Å². The molecule has 0 saturated heterocycles. The number of rotatable bonds is 6. The number of nitrogens with one attached hydrogen (secondary N) is 1. The third-order valence-corrected chi connectivity index (χ3v) is 4.48. The minimum absolute atomic E-state index is 0.0492. The number of amides is 1. The first-order valence-corrected chi connectivity index (χ1v) is 8.44. The van der Waals surface area contributed by atoms with Gasteiger partial charge >= 0.3 is 0 Å². The highest BCUT2D eigenvalue weighted by Gasteiger charge is 2.10. The van der Waals surface area contributed by atoms with Crippen molar-refractivity contribution in [3.8, 4) is 0 Å². The van der Waals surface area contributed by atoms with E-state index in [0.29, 0.717) is 6.42 Å². The molecule has 23 heavy (non-hydrogen) atoms. The van der Waals surface area contributed by atoms with Crippen LogP contribution in [-0.4, -0.2) is 5.91 Å². The van der Waals surface area contributed by atoms with E-state index in [1.54, 1.807) is 0 Å². The van der Waals surface area contributed by atoms with Gasteiger partial charge in [-0.2, -0.15) is 0 Å². The summed E-state index contributed by atoms with van der Waals surface area (Å²) in [5.41, 5.74) is 6.28. The lowest BCUT2D eigenvalue weighted by Gasteiger charge is -2.15. The van der Waals surface area contributed by atoms with E-state index in [1.807, 2.05) is 6.92 Å². The second-order valence-corrected chi connectivity index (χ2v) is 6.30. The normalized spacial score (nSPS) is 12.0. The summed E-state index contributed by atoms with van der Waals surface area (Å²) in [6.45, 7) is 8.40. The zero-order chi connectivity index (χ0) is 16.8. The van der Waals surface area contributed by atoms with Crippen molar-refractivity contribution in [1.29, 1.82) is 0 Å². The first kappa shape index (κ1) is 17.3. The van der Waals surface area contributed by atoms with E-state index in [1.165, 1.54) is 22.3 Å². The molecule has 0 radical (unpaired) electrons. The second-order valence-electron chi connectivity index (χ2n) is 6.30. The minimum atomic E-state index is 0.0492. The lowest BCUT2D eigenvalue weighted by Crippen LogP contribution is -2.26. The molecule has 1 atom stereocenters. The lowest BCUT2D eigenvalue weighted by atomic mass is 10.0. The van der Waals surface area contributed by atoms with Gasteiger partial charge in [-0.15, -0.1) is 0 Å². The quantitative estimate of drug-likeness (QED) is 0.825. The molecule has 2 rings (SSSR count). The van der Waals surface area contributed by atoms with Crippen LogP contribution >= 0.6 is 0 Å². The fraction of sp³-hybridized carbons (Fsp3) is 0.381. The van der Waals surface area contributed by atoms with Crippen LogP contribution in [0, 0.1) is 13.8 Å². The van der Waals surface area contributed by atoms with Gasteiger partial charge in [-0.3, -0.25) is 4.79 Å². The van der Waals surface area contributed by atoms with Crippen molar-refractivity contribution in [2.24, 2.45) is 0 Å². The summed E-state index contributed by atoms with van der Waals surface area (Å²) in [5.74, 6) is 0.107. The van der Waals surface area contributed by atoms with Gasteiger partial charge in [0.1, 0.15) is 0 Å². The van der Waals surface area contributed by atoms with Gasteiger partial charge in [0.15, 0.2) is 0 Å². The highest BCUT2D eigenvalue weighted by Crippen LogP contribution is 2.15. The van der Waals surface area contributed by atoms with Crippen molar-refractivity contribution in [3.05, 3.63) is 70.3 Å². The topological polar surface area (TPSA) is 29.1 Å². The number of carbonyl (C=O) groups is 1. The fourth-order valence-corrected chi connectivity index (χ4v) is 2.66. The van der Waals surface area contributed by atoms with E-state index in [2.05, 4.69) is 68.6 Å². The van der Waals surface area contributed by atoms with Crippen LogP contribution in [0.5, 0.6) is 0 Å². The van der Waals surface area contributed by atoms with E-state index in [9.17, 15) is 4.79 Å². The summed E-state index contributed by atoms with van der Waals surface area (Å²) in [6, 6.07) is 14.9. The van der Waals surface area contributed by atoms with Crippen molar-refractivity contribution < 1.29 is 4.79 Å². The Kier molecular flexibility index (Phi) is 5.97. The van der Waals surface area contributed by atoms with Gasteiger partial charge in [-0.1, -0.05) is 49.4 Å². The number of aryl methyl sites for hydroxylation is 4. The molecule has 0 spiro atoms. The van der Waals surface area contributed by atoms with Crippen LogP contribution in [0.25, 0.3) is 0 Å². The Labute approximate surface area is 139 Å². The van der Waals surface area contributed by atoms with Gasteiger partial charge in [-0.25, -0.2) is 0 Å². The minimum Gasteiger partial charge on any atom is -0.350 e. The molecule has 0 aromatic heterocycles. The molecule has 0 aliphatic rings. The average Bonchev–Trinajstić information content (AvgIpc) is 2.56. The summed E-state index contributed by atoms with van der Waals surface area (Å²) in [4.78, 5) is 12.2. The summed E-state index contributed by atoms with van der Waals surface area (Å²) < 4.78 is 0. The molecule has 2 aromatic carbocycles. The van der Waals surface area contributed by atoms with Crippen LogP contribution in [0.4, 0.5) is 0 Å². The average molecular weight is 309 g/mol. The summed E-state index contributed by atoms with van der Waals surface area (Å²) in [5, 5.41) is 3.09. The van der Waals surface area contributed by atoms with Crippen molar-refractivity contribution in [2.45, 2.75) is 53.0 Å². The molecular formula is C21H27NO. The van der Waals surface area contributed by atoms with Crippen LogP contribution in [0.2, 0.25) is 0 Å². The van der Waals surface area contributed by atoms with Gasteiger partial charge in [0.25, 0.3) is 0 Å². The molecule has 1 N–H and O–H groups in total. The molecule has 0 aliphatic heterocycles. The van der Waals surface area contributed by atoms with Gasteiger partial charge in [-0.05, 0) is 61.4 Å². The number of hydrogen-bond donors (Lipinski definition) is 1. The Hall–Kier alpha value is -2.09. The first-order valence-electron chi connectivity index (χ1n) is 8.44. The zero-order valence-corrected chi connectivity index (χ0v) is 14.6. The number of carbonyl (C=O) groups excluding carboxylic acids is 1. The largest absolute Gasteiger partial charge is 0.350 e. The molecule has 2 nitrogen and oxygen atoms in total. The van der Waals surface area contributed by atoms with Crippen LogP contribution in [0.3, 0.4) is 0 Å². The first-order chi connectivity index (χ1) is 11.0. The third kappa shape index (κ3) is 4.95. The summed E-state index contributed by atoms with van der Waals surface area (Å²) in [6.07, 6.45) is 2.35. The van der Waals surface area contributed by atoms with Gasteiger partial charge in [0.2, 0.25) is 5.91 Å². The molecular weight excluding hydrogens is 282 g/mol. The predicted octanol–water partition coefficient (Wildman–Crippen LogP) is 4.68. The molecule has 0 fully saturated rings. The smallest absolute Gasteiger partial charge is 0.220 e. The van der Waals surface area contributed by atoms with E-state index in [-0.39, 0.29) is 11.9 Å². The maximum absolute atomic E-state index is 12.2. The second kappa shape index (κ2) is 7.96. The molecule has 122 valence electrons. The fourth-order valence-electron chi connectivity index (χ4n) is 2.66. The molecule has 0 saturated carbocycles. The molecule has 0 bridgehead atoms. The predicted molar refractivity (Wildman–Crippen MR) is 96.6 cm³/mol. The molecule has 2 heteroatoms. The van der Waals surface area contributed by atoms with Crippen LogP contribution < -0.4 is 5.32 Å². The Morgan fingerprint density at radius 3 is 2.26 bits per heavy atom. The van der Waals surface area contributed by atoms with E-state index in [0.717, 1.165) is 18.4 Å². The Morgan fingerprint density at radius 1 is 1.00 bits per heavy atom. The maximum atomic E-state index is 12.2. The highest BCUT2D eigenvalue weighted by molar-refractivity contribution is 5.76. The highest BCUT2D eigenvalue weighted by atomic mass is 16.1. The van der Waals surface area contributed by atoms with Gasteiger partial charge < -0.3 is 5.32 Å². The van der Waals surface area contributed by atoms with E-state index >= 15 is 0 Å². The molecule has 1 amide bonds. The van der Waals surface area contributed by atoms with Crippen molar-refractivity contribution in [1.82, 2.24) is 5.32 Å². The van der Waals surface area contributed by atoms with Crippen LogP contribution in [-0.2, 0) is 17.6 Å². The Balaban J connectivity index is 1.86. The monoisotopic (exact) mass is 309 g/mol. The molecule has 0 aliphatic carbocycles. The molecule has 1 unspecified atom stereocenters. The van der Waals surface area contributed by atoms with Gasteiger partial charge in [0.05, 0.1) is 6.04 Å². The van der Waals surface area contributed by atoms with E-state index < -0.39 is 0 Å². The molecule has 0 heterocycles. The summed E-state index contributed by atoms with van der Waals surface area (Å²) >= 11 is 0. The van der Waals surface area contributed by atoms with Crippen LogP contribution in [0.15, 0.2) is 42.5 Å².